The van der Waals surface area contributed by atoms with Gasteiger partial charge in [-0.05, 0) is 30.3 Å². The summed E-state index contributed by atoms with van der Waals surface area (Å²) >= 11 is 0. The van der Waals surface area contributed by atoms with Gasteiger partial charge in [-0.15, -0.1) is 0 Å². The fourth-order valence-corrected chi connectivity index (χ4v) is 1.73. The fourth-order valence-electron chi connectivity index (χ4n) is 1.73. The predicted octanol–water partition coefficient (Wildman–Crippen LogP) is 2.81. The summed E-state index contributed by atoms with van der Waals surface area (Å²) < 4.78 is 13.3. The molecule has 4 heteroatoms. The molecule has 0 aromatic heterocycles. The maximum Gasteiger partial charge on any atom is 0.255 e. The highest BCUT2D eigenvalue weighted by molar-refractivity contribution is 6.04. The highest BCUT2D eigenvalue weighted by Crippen LogP contribution is 2.17. The van der Waals surface area contributed by atoms with Crippen LogP contribution in [0, 0.1) is 17.7 Å². The van der Waals surface area contributed by atoms with Gasteiger partial charge in [0.05, 0.1) is 17.9 Å². The van der Waals surface area contributed by atoms with Crippen molar-refractivity contribution in [2.45, 2.75) is 6.42 Å². The minimum Gasteiger partial charge on any atom is -0.395 e. The normalized spacial score (nSPS) is 9.62. The average molecular weight is 283 g/mol. The summed E-state index contributed by atoms with van der Waals surface area (Å²) in [5, 5.41) is 11.4. The predicted molar refractivity (Wildman–Crippen MR) is 79.4 cm³/mol. The van der Waals surface area contributed by atoms with Crippen LogP contribution >= 0.6 is 0 Å². The molecule has 0 atom stereocenters. The van der Waals surface area contributed by atoms with Crippen molar-refractivity contribution in [2.24, 2.45) is 0 Å². The van der Waals surface area contributed by atoms with E-state index in [1.54, 1.807) is 24.3 Å². The smallest absolute Gasteiger partial charge is 0.255 e. The van der Waals surface area contributed by atoms with E-state index in [0.29, 0.717) is 23.2 Å². The Morgan fingerprint density at radius 1 is 1.19 bits per heavy atom. The third-order valence-corrected chi connectivity index (χ3v) is 2.73. The second-order valence-corrected chi connectivity index (χ2v) is 4.29. The summed E-state index contributed by atoms with van der Waals surface area (Å²) in [7, 11) is 0. The zero-order valence-corrected chi connectivity index (χ0v) is 11.3. The molecule has 21 heavy (non-hydrogen) atoms. The molecule has 1 amide bonds. The van der Waals surface area contributed by atoms with Crippen LogP contribution in [0.25, 0.3) is 0 Å². The van der Waals surface area contributed by atoms with E-state index in [-0.39, 0.29) is 12.5 Å². The number of aliphatic hydroxyl groups is 1. The zero-order chi connectivity index (χ0) is 15.1. The summed E-state index contributed by atoms with van der Waals surface area (Å²) in [6.45, 7) is -0.0615. The number of aliphatic hydroxyl groups excluding tert-OH is 1. The topological polar surface area (TPSA) is 49.3 Å². The van der Waals surface area contributed by atoms with Crippen LogP contribution in [-0.2, 0) is 0 Å². The van der Waals surface area contributed by atoms with Crippen LogP contribution in [0.4, 0.5) is 10.1 Å². The van der Waals surface area contributed by atoms with Crippen molar-refractivity contribution in [3.05, 3.63) is 65.5 Å². The molecule has 0 spiro atoms. The quantitative estimate of drug-likeness (QED) is 0.851. The van der Waals surface area contributed by atoms with Gasteiger partial charge < -0.3 is 10.4 Å². The van der Waals surface area contributed by atoms with Crippen molar-refractivity contribution in [3.63, 3.8) is 0 Å². The lowest BCUT2D eigenvalue weighted by Gasteiger charge is -2.07. The van der Waals surface area contributed by atoms with E-state index in [1.165, 1.54) is 18.2 Å². The highest BCUT2D eigenvalue weighted by Gasteiger charge is 2.08. The maximum absolute atomic E-state index is 13.3. The lowest BCUT2D eigenvalue weighted by molar-refractivity contribution is 0.102. The van der Waals surface area contributed by atoms with Gasteiger partial charge in [-0.25, -0.2) is 4.39 Å². The van der Waals surface area contributed by atoms with Gasteiger partial charge in [0, 0.05) is 12.0 Å². The number of amides is 1. The molecule has 0 bridgehead atoms. The van der Waals surface area contributed by atoms with E-state index in [1.807, 2.05) is 6.07 Å². The van der Waals surface area contributed by atoms with Crippen LogP contribution < -0.4 is 5.32 Å². The number of benzene rings is 2. The molecule has 0 fully saturated rings. The molecule has 2 aromatic rings. The van der Waals surface area contributed by atoms with Crippen molar-refractivity contribution < 1.29 is 14.3 Å². The summed E-state index contributed by atoms with van der Waals surface area (Å²) in [6, 6.07) is 12.7. The zero-order valence-electron chi connectivity index (χ0n) is 11.3. The number of halogens is 1. The molecule has 3 nitrogen and oxygen atoms in total. The number of carbonyl (C=O) groups excluding carboxylic acids is 1. The standard InChI is InChI=1S/C17H14FNO2/c18-15-9-10-16(14(12-15)8-4-5-11-20)19-17(21)13-6-2-1-3-7-13/h1-3,6-7,9-10,12,20H,5,11H2,(H,19,21). The first-order valence-corrected chi connectivity index (χ1v) is 6.46. The maximum atomic E-state index is 13.3. The molecule has 106 valence electrons. The number of hydrogen-bond donors (Lipinski definition) is 2. The minimum absolute atomic E-state index is 0.0615. The van der Waals surface area contributed by atoms with Gasteiger partial charge in [0.1, 0.15) is 5.82 Å². The van der Waals surface area contributed by atoms with Crippen LogP contribution in [0.15, 0.2) is 48.5 Å². The van der Waals surface area contributed by atoms with Gasteiger partial charge in [0.25, 0.3) is 5.91 Å². The van der Waals surface area contributed by atoms with E-state index in [2.05, 4.69) is 17.2 Å². The summed E-state index contributed by atoms with van der Waals surface area (Å²) in [5.41, 5.74) is 1.33. The van der Waals surface area contributed by atoms with Crippen molar-refractivity contribution >= 4 is 11.6 Å². The molecule has 0 aliphatic carbocycles. The minimum atomic E-state index is -0.430. The first kappa shape index (κ1) is 14.8. The van der Waals surface area contributed by atoms with E-state index >= 15 is 0 Å². The molecular formula is C17H14FNO2. The highest BCUT2D eigenvalue weighted by atomic mass is 19.1. The molecular weight excluding hydrogens is 269 g/mol. The van der Waals surface area contributed by atoms with Gasteiger partial charge in [-0.1, -0.05) is 30.0 Å². The molecule has 0 radical (unpaired) electrons. The van der Waals surface area contributed by atoms with Crippen LogP contribution in [-0.4, -0.2) is 17.6 Å². The van der Waals surface area contributed by atoms with E-state index in [9.17, 15) is 9.18 Å². The second kappa shape index (κ2) is 7.22. The number of carbonyl (C=O) groups is 1. The Morgan fingerprint density at radius 3 is 2.67 bits per heavy atom. The van der Waals surface area contributed by atoms with Gasteiger partial charge in [0.2, 0.25) is 0 Å². The largest absolute Gasteiger partial charge is 0.395 e. The van der Waals surface area contributed by atoms with E-state index in [0.717, 1.165) is 0 Å². The first-order chi connectivity index (χ1) is 10.2. The molecule has 0 aliphatic rings. The molecule has 0 aliphatic heterocycles. The molecule has 0 unspecified atom stereocenters. The third kappa shape index (κ3) is 4.16. The number of nitrogens with one attached hydrogen (secondary N) is 1. The monoisotopic (exact) mass is 283 g/mol. The van der Waals surface area contributed by atoms with E-state index in [4.69, 9.17) is 5.11 Å². The van der Waals surface area contributed by atoms with Gasteiger partial charge in [0.15, 0.2) is 0 Å². The summed E-state index contributed by atoms with van der Waals surface area (Å²) in [6.07, 6.45) is 0.294. The van der Waals surface area contributed by atoms with E-state index < -0.39 is 5.82 Å². The molecule has 2 N–H and O–H groups in total. The Labute approximate surface area is 122 Å². The lowest BCUT2D eigenvalue weighted by Crippen LogP contribution is -2.12. The SMILES string of the molecule is O=C(Nc1ccc(F)cc1C#CCCO)c1ccccc1. The Bertz CT molecular complexity index is 687. The van der Waals surface area contributed by atoms with Crippen LogP contribution in [0.5, 0.6) is 0 Å². The number of anilines is 1. The third-order valence-electron chi connectivity index (χ3n) is 2.73. The molecule has 0 saturated heterocycles. The lowest BCUT2D eigenvalue weighted by atomic mass is 10.1. The molecule has 0 heterocycles. The summed E-state index contributed by atoms with van der Waals surface area (Å²) in [5.74, 6) is 4.75. The van der Waals surface area contributed by atoms with Crippen molar-refractivity contribution in [1.29, 1.82) is 0 Å². The molecule has 0 saturated carbocycles. The Morgan fingerprint density at radius 2 is 1.95 bits per heavy atom. The number of rotatable bonds is 3. The first-order valence-electron chi connectivity index (χ1n) is 6.46. The van der Waals surface area contributed by atoms with Crippen molar-refractivity contribution in [3.8, 4) is 11.8 Å². The van der Waals surface area contributed by atoms with Gasteiger partial charge in [-0.3, -0.25) is 4.79 Å². The van der Waals surface area contributed by atoms with Crippen molar-refractivity contribution in [2.75, 3.05) is 11.9 Å². The number of hydrogen-bond acceptors (Lipinski definition) is 2. The van der Waals surface area contributed by atoms with Crippen LogP contribution in [0.1, 0.15) is 22.3 Å². The van der Waals surface area contributed by atoms with Crippen LogP contribution in [0.2, 0.25) is 0 Å². The Balaban J connectivity index is 2.24. The molecule has 2 rings (SSSR count). The van der Waals surface area contributed by atoms with Crippen molar-refractivity contribution in [1.82, 2.24) is 0 Å². The van der Waals surface area contributed by atoms with Gasteiger partial charge >= 0.3 is 0 Å². The van der Waals surface area contributed by atoms with Crippen LogP contribution in [0.3, 0.4) is 0 Å². The Kier molecular flexibility index (Phi) is 5.08. The average Bonchev–Trinajstić information content (AvgIpc) is 2.51. The summed E-state index contributed by atoms with van der Waals surface area (Å²) in [4.78, 5) is 12.1. The second-order valence-electron chi connectivity index (χ2n) is 4.29. The fraction of sp³-hybridized carbons (Fsp3) is 0.118. The molecule has 2 aromatic carbocycles. The van der Waals surface area contributed by atoms with Gasteiger partial charge in [-0.2, -0.15) is 0 Å². The Hall–Kier alpha value is -2.64.